The monoisotopic (exact) mass is 252 g/mol. The highest BCUT2D eigenvalue weighted by molar-refractivity contribution is 5.64. The molecule has 0 amide bonds. The lowest BCUT2D eigenvalue weighted by Gasteiger charge is -2.12. The maximum Gasteiger partial charge on any atom is 0.0992 e. The van der Waals surface area contributed by atoms with Crippen LogP contribution in [0.15, 0.2) is 48.5 Å². The molecule has 0 aromatic heterocycles. The van der Waals surface area contributed by atoms with Crippen molar-refractivity contribution in [2.45, 2.75) is 6.42 Å². The van der Waals surface area contributed by atoms with Gasteiger partial charge in [-0.25, -0.2) is 0 Å². The maximum atomic E-state index is 8.90. The predicted molar refractivity (Wildman–Crippen MR) is 76.5 cm³/mol. The third kappa shape index (κ3) is 3.57. The second-order valence-electron chi connectivity index (χ2n) is 4.22. The summed E-state index contributed by atoms with van der Waals surface area (Å²) >= 11 is 0. The van der Waals surface area contributed by atoms with Crippen molar-refractivity contribution in [3.05, 3.63) is 59.7 Å². The molecule has 96 valence electrons. The van der Waals surface area contributed by atoms with E-state index in [2.05, 4.69) is 17.5 Å². The summed E-state index contributed by atoms with van der Waals surface area (Å²) < 4.78 is 5.12. The van der Waals surface area contributed by atoms with Crippen LogP contribution in [0.2, 0.25) is 0 Å². The van der Waals surface area contributed by atoms with E-state index in [1.165, 1.54) is 5.56 Å². The highest BCUT2D eigenvalue weighted by atomic mass is 16.5. The van der Waals surface area contributed by atoms with Crippen LogP contribution < -0.4 is 5.32 Å². The number of ether oxygens (including phenoxy) is 1. The summed E-state index contributed by atoms with van der Waals surface area (Å²) in [4.78, 5) is 0. The topological polar surface area (TPSA) is 45.0 Å². The van der Waals surface area contributed by atoms with Crippen molar-refractivity contribution in [3.8, 4) is 6.07 Å². The second-order valence-corrected chi connectivity index (χ2v) is 4.22. The van der Waals surface area contributed by atoms with Gasteiger partial charge in [0.25, 0.3) is 0 Å². The Morgan fingerprint density at radius 3 is 2.79 bits per heavy atom. The summed E-state index contributed by atoms with van der Waals surface area (Å²) in [6.07, 6.45) is 0.859. The molecule has 3 nitrogen and oxygen atoms in total. The first-order valence-electron chi connectivity index (χ1n) is 6.17. The molecule has 2 rings (SSSR count). The number of benzene rings is 2. The number of nitrogens with zero attached hydrogens (tertiary/aromatic N) is 1. The zero-order chi connectivity index (χ0) is 13.5. The molecule has 0 spiro atoms. The molecule has 0 bridgehead atoms. The lowest BCUT2D eigenvalue weighted by molar-refractivity contribution is 0.202. The fourth-order valence-corrected chi connectivity index (χ4v) is 1.89. The Labute approximate surface area is 113 Å². The number of hydrogen-bond donors (Lipinski definition) is 1. The Kier molecular flexibility index (Phi) is 4.54. The number of nitriles is 1. The zero-order valence-corrected chi connectivity index (χ0v) is 10.9. The first-order valence-corrected chi connectivity index (χ1v) is 6.17. The highest BCUT2D eigenvalue weighted by Crippen LogP contribution is 2.21. The van der Waals surface area contributed by atoms with Crippen LogP contribution in [0.5, 0.6) is 0 Å². The normalized spacial score (nSPS) is 9.89. The molecule has 0 radical (unpaired) electrons. The van der Waals surface area contributed by atoms with Crippen molar-refractivity contribution < 1.29 is 4.74 Å². The summed E-state index contributed by atoms with van der Waals surface area (Å²) in [5, 5.41) is 12.3. The van der Waals surface area contributed by atoms with Gasteiger partial charge in [-0.1, -0.05) is 24.3 Å². The molecule has 0 fully saturated rings. The SMILES string of the molecule is COCCc1ccccc1Nc1cccc(C#N)c1. The van der Waals surface area contributed by atoms with Crippen LogP contribution in [0.25, 0.3) is 0 Å². The van der Waals surface area contributed by atoms with Crippen molar-refractivity contribution in [3.63, 3.8) is 0 Å². The molecule has 0 aliphatic rings. The molecular formula is C16H16N2O. The van der Waals surface area contributed by atoms with E-state index in [4.69, 9.17) is 10.00 Å². The lowest BCUT2D eigenvalue weighted by Crippen LogP contribution is -2.00. The maximum absolute atomic E-state index is 8.90. The average Bonchev–Trinajstić information content (AvgIpc) is 2.46. The van der Waals surface area contributed by atoms with Crippen LogP contribution in [0.1, 0.15) is 11.1 Å². The summed E-state index contributed by atoms with van der Waals surface area (Å²) in [6.45, 7) is 0.691. The second kappa shape index (κ2) is 6.58. The lowest BCUT2D eigenvalue weighted by atomic mass is 10.1. The van der Waals surface area contributed by atoms with E-state index >= 15 is 0 Å². The molecule has 19 heavy (non-hydrogen) atoms. The highest BCUT2D eigenvalue weighted by Gasteiger charge is 2.02. The van der Waals surface area contributed by atoms with Gasteiger partial charge in [-0.05, 0) is 36.2 Å². The van der Waals surface area contributed by atoms with Crippen molar-refractivity contribution in [2.24, 2.45) is 0 Å². The van der Waals surface area contributed by atoms with E-state index < -0.39 is 0 Å². The number of hydrogen-bond acceptors (Lipinski definition) is 3. The standard InChI is InChI=1S/C16H16N2O/c1-19-10-9-14-6-2-3-8-16(14)18-15-7-4-5-13(11-15)12-17/h2-8,11,18H,9-10H2,1H3. The van der Waals surface area contributed by atoms with Gasteiger partial charge in [0.05, 0.1) is 18.2 Å². The zero-order valence-electron chi connectivity index (χ0n) is 10.9. The van der Waals surface area contributed by atoms with Crippen LogP contribution >= 0.6 is 0 Å². The van der Waals surface area contributed by atoms with E-state index in [1.54, 1.807) is 13.2 Å². The third-order valence-electron chi connectivity index (χ3n) is 2.86. The van der Waals surface area contributed by atoms with Gasteiger partial charge in [0, 0.05) is 18.5 Å². The molecule has 0 heterocycles. The van der Waals surface area contributed by atoms with Crippen LogP contribution in [0.4, 0.5) is 11.4 Å². The van der Waals surface area contributed by atoms with Crippen LogP contribution in [-0.2, 0) is 11.2 Å². The van der Waals surface area contributed by atoms with Gasteiger partial charge >= 0.3 is 0 Å². The molecule has 0 atom stereocenters. The molecule has 1 N–H and O–H groups in total. The van der Waals surface area contributed by atoms with E-state index in [0.29, 0.717) is 12.2 Å². The summed E-state index contributed by atoms with van der Waals surface area (Å²) in [5.41, 5.74) is 3.82. The summed E-state index contributed by atoms with van der Waals surface area (Å²) in [7, 11) is 1.70. The molecule has 0 saturated carbocycles. The van der Waals surface area contributed by atoms with E-state index in [0.717, 1.165) is 17.8 Å². The minimum Gasteiger partial charge on any atom is -0.384 e. The van der Waals surface area contributed by atoms with Gasteiger partial charge in [0.15, 0.2) is 0 Å². The number of para-hydroxylation sites is 1. The van der Waals surface area contributed by atoms with Gasteiger partial charge in [0.1, 0.15) is 0 Å². The first-order chi connectivity index (χ1) is 9.33. The van der Waals surface area contributed by atoms with Gasteiger partial charge in [0.2, 0.25) is 0 Å². The number of methoxy groups -OCH3 is 1. The molecule has 0 aliphatic heterocycles. The molecule has 0 aliphatic carbocycles. The Hall–Kier alpha value is -2.31. The van der Waals surface area contributed by atoms with E-state index in [1.807, 2.05) is 36.4 Å². The summed E-state index contributed by atoms with van der Waals surface area (Å²) in [6, 6.07) is 17.7. The summed E-state index contributed by atoms with van der Waals surface area (Å²) in [5.74, 6) is 0. The van der Waals surface area contributed by atoms with Crippen molar-refractivity contribution >= 4 is 11.4 Å². The van der Waals surface area contributed by atoms with Crippen molar-refractivity contribution in [1.29, 1.82) is 5.26 Å². The largest absolute Gasteiger partial charge is 0.384 e. The molecule has 3 heteroatoms. The van der Waals surface area contributed by atoms with E-state index in [9.17, 15) is 0 Å². The molecule has 0 unspecified atom stereocenters. The predicted octanol–water partition coefficient (Wildman–Crippen LogP) is 3.49. The number of rotatable bonds is 5. The molecule has 0 saturated heterocycles. The van der Waals surface area contributed by atoms with Gasteiger partial charge in [-0.2, -0.15) is 5.26 Å². The molecular weight excluding hydrogens is 236 g/mol. The minimum absolute atomic E-state index is 0.652. The quantitative estimate of drug-likeness (QED) is 0.886. The van der Waals surface area contributed by atoms with Crippen molar-refractivity contribution in [2.75, 3.05) is 19.0 Å². The van der Waals surface area contributed by atoms with Gasteiger partial charge < -0.3 is 10.1 Å². The van der Waals surface area contributed by atoms with Gasteiger partial charge in [-0.3, -0.25) is 0 Å². The van der Waals surface area contributed by atoms with E-state index in [-0.39, 0.29) is 0 Å². The van der Waals surface area contributed by atoms with Crippen molar-refractivity contribution in [1.82, 2.24) is 0 Å². The fourth-order valence-electron chi connectivity index (χ4n) is 1.89. The fraction of sp³-hybridized carbons (Fsp3) is 0.188. The van der Waals surface area contributed by atoms with Crippen LogP contribution in [-0.4, -0.2) is 13.7 Å². The molecule has 2 aromatic rings. The number of anilines is 2. The smallest absolute Gasteiger partial charge is 0.0992 e. The Balaban J connectivity index is 2.20. The van der Waals surface area contributed by atoms with Gasteiger partial charge in [-0.15, -0.1) is 0 Å². The minimum atomic E-state index is 0.652. The third-order valence-corrected chi connectivity index (χ3v) is 2.86. The van der Waals surface area contributed by atoms with Crippen LogP contribution in [0.3, 0.4) is 0 Å². The number of nitrogens with one attached hydrogen (secondary N) is 1. The Bertz CT molecular complexity index is 587. The Morgan fingerprint density at radius 1 is 1.16 bits per heavy atom. The Morgan fingerprint density at radius 2 is 2.00 bits per heavy atom. The average molecular weight is 252 g/mol. The first kappa shape index (κ1) is 13.1. The molecule has 2 aromatic carbocycles. The van der Waals surface area contributed by atoms with Crippen LogP contribution in [0, 0.1) is 11.3 Å².